The summed E-state index contributed by atoms with van der Waals surface area (Å²) < 4.78 is 1.07. The maximum Gasteiger partial charge on any atom is 0.123 e. The van der Waals surface area contributed by atoms with Gasteiger partial charge in [-0.15, -0.1) is 24.8 Å². The average Bonchev–Trinajstić information content (AvgIpc) is 2.68. The monoisotopic (exact) mass is 337 g/mol. The zero-order valence-corrected chi connectivity index (χ0v) is 12.4. The number of imidazole rings is 1. The minimum Gasteiger partial charge on any atom is -0.341 e. The number of aromatic nitrogens is 2. The Morgan fingerprint density at radius 1 is 1.24 bits per heavy atom. The summed E-state index contributed by atoms with van der Waals surface area (Å²) in [5.41, 5.74) is 7.83. The van der Waals surface area contributed by atoms with Gasteiger partial charge in [0.15, 0.2) is 0 Å². The second kappa shape index (κ2) is 7.01. The highest BCUT2D eigenvalue weighted by atomic mass is 79.9. The van der Waals surface area contributed by atoms with E-state index in [1.165, 1.54) is 0 Å². The first-order chi connectivity index (χ1) is 7.16. The van der Waals surface area contributed by atoms with Crippen LogP contribution in [-0.4, -0.2) is 9.97 Å². The molecule has 0 saturated heterocycles. The molecule has 1 aromatic carbocycles. The van der Waals surface area contributed by atoms with Gasteiger partial charge < -0.3 is 10.7 Å². The third kappa shape index (κ3) is 4.00. The van der Waals surface area contributed by atoms with E-state index in [4.69, 9.17) is 5.73 Å². The van der Waals surface area contributed by atoms with Crippen molar-refractivity contribution in [3.05, 3.63) is 40.8 Å². The van der Waals surface area contributed by atoms with Gasteiger partial charge >= 0.3 is 0 Å². The second-order valence-electron chi connectivity index (χ2n) is 3.48. The molecule has 1 unspecified atom stereocenters. The van der Waals surface area contributed by atoms with Crippen molar-refractivity contribution < 1.29 is 0 Å². The van der Waals surface area contributed by atoms with Gasteiger partial charge in [-0.1, -0.05) is 28.1 Å². The number of hydrogen-bond donors (Lipinski definition) is 2. The average molecular weight is 339 g/mol. The molecule has 17 heavy (non-hydrogen) atoms. The van der Waals surface area contributed by atoms with E-state index in [1.807, 2.05) is 37.4 Å². The van der Waals surface area contributed by atoms with Crippen molar-refractivity contribution in [2.75, 3.05) is 0 Å². The van der Waals surface area contributed by atoms with Gasteiger partial charge in [0, 0.05) is 4.47 Å². The molecule has 1 heterocycles. The number of benzene rings is 1. The molecule has 0 bridgehead atoms. The Bertz CT molecular complexity index is 454. The zero-order valence-electron chi connectivity index (χ0n) is 9.18. The number of rotatable bonds is 2. The first-order valence-electron chi connectivity index (χ1n) is 4.73. The van der Waals surface area contributed by atoms with Crippen LogP contribution in [0.25, 0.3) is 11.3 Å². The van der Waals surface area contributed by atoms with Gasteiger partial charge in [-0.3, -0.25) is 0 Å². The number of nitrogens with two attached hydrogens (primary N) is 1. The molecule has 0 aliphatic carbocycles. The van der Waals surface area contributed by atoms with E-state index in [-0.39, 0.29) is 30.9 Å². The summed E-state index contributed by atoms with van der Waals surface area (Å²) >= 11 is 3.40. The molecule has 6 heteroatoms. The Morgan fingerprint density at radius 2 is 1.82 bits per heavy atom. The highest BCUT2D eigenvalue weighted by molar-refractivity contribution is 9.10. The van der Waals surface area contributed by atoms with Crippen LogP contribution in [0.15, 0.2) is 34.9 Å². The number of nitrogens with zero attached hydrogens (tertiary/aromatic N) is 1. The van der Waals surface area contributed by atoms with Crippen LogP contribution in [0.4, 0.5) is 0 Å². The minimum absolute atomic E-state index is 0. The van der Waals surface area contributed by atoms with Crippen LogP contribution >= 0.6 is 40.7 Å². The number of halogens is 3. The molecule has 0 saturated carbocycles. The Labute approximate surface area is 121 Å². The van der Waals surface area contributed by atoms with Gasteiger partial charge in [-0.25, -0.2) is 4.98 Å². The SMILES string of the molecule is CC(N)c1ncc(-c2ccc(Br)cc2)[nH]1.Cl.Cl. The molecule has 0 radical (unpaired) electrons. The predicted molar refractivity (Wildman–Crippen MR) is 78.8 cm³/mol. The van der Waals surface area contributed by atoms with Crippen LogP contribution in [-0.2, 0) is 0 Å². The maximum atomic E-state index is 5.73. The summed E-state index contributed by atoms with van der Waals surface area (Å²) in [5.74, 6) is 0.813. The summed E-state index contributed by atoms with van der Waals surface area (Å²) in [6.07, 6.45) is 1.81. The molecule has 0 spiro atoms. The van der Waals surface area contributed by atoms with Crippen molar-refractivity contribution in [1.29, 1.82) is 0 Å². The van der Waals surface area contributed by atoms with Crippen molar-refractivity contribution in [2.45, 2.75) is 13.0 Å². The summed E-state index contributed by atoms with van der Waals surface area (Å²) in [6.45, 7) is 1.91. The smallest absolute Gasteiger partial charge is 0.123 e. The second-order valence-corrected chi connectivity index (χ2v) is 4.39. The van der Waals surface area contributed by atoms with E-state index in [2.05, 4.69) is 25.9 Å². The Balaban J connectivity index is 0.00000128. The van der Waals surface area contributed by atoms with Crippen molar-refractivity contribution in [2.24, 2.45) is 5.73 Å². The molecule has 3 N–H and O–H groups in total. The normalized spacial score (nSPS) is 11.2. The first kappa shape index (κ1) is 16.4. The lowest BCUT2D eigenvalue weighted by Crippen LogP contribution is -2.06. The topological polar surface area (TPSA) is 54.7 Å². The molecule has 0 fully saturated rings. The van der Waals surface area contributed by atoms with Crippen molar-refractivity contribution >= 4 is 40.7 Å². The van der Waals surface area contributed by atoms with E-state index < -0.39 is 0 Å². The van der Waals surface area contributed by atoms with Gasteiger partial charge in [0.25, 0.3) is 0 Å². The predicted octanol–water partition coefficient (Wildman–Crippen LogP) is 3.70. The molecule has 1 aromatic heterocycles. The van der Waals surface area contributed by atoms with Crippen LogP contribution in [0.3, 0.4) is 0 Å². The van der Waals surface area contributed by atoms with Gasteiger partial charge in [-0.2, -0.15) is 0 Å². The standard InChI is InChI=1S/C11H12BrN3.2ClH/c1-7(13)11-14-6-10(15-11)8-2-4-9(12)5-3-8;;/h2-7H,13H2,1H3,(H,14,15);2*1H. The zero-order chi connectivity index (χ0) is 10.8. The fourth-order valence-electron chi connectivity index (χ4n) is 1.34. The van der Waals surface area contributed by atoms with E-state index in [0.29, 0.717) is 0 Å². The number of hydrogen-bond acceptors (Lipinski definition) is 2. The van der Waals surface area contributed by atoms with Crippen molar-refractivity contribution in [3.8, 4) is 11.3 Å². The van der Waals surface area contributed by atoms with Crippen LogP contribution in [0.2, 0.25) is 0 Å². The van der Waals surface area contributed by atoms with E-state index >= 15 is 0 Å². The molecular weight excluding hydrogens is 325 g/mol. The molecule has 2 rings (SSSR count). The van der Waals surface area contributed by atoms with E-state index in [0.717, 1.165) is 21.6 Å². The molecule has 0 amide bonds. The highest BCUT2D eigenvalue weighted by Gasteiger charge is 2.05. The number of nitrogens with one attached hydrogen (secondary N) is 1. The molecule has 2 aromatic rings. The van der Waals surface area contributed by atoms with Crippen LogP contribution < -0.4 is 5.73 Å². The fourth-order valence-corrected chi connectivity index (χ4v) is 1.61. The summed E-state index contributed by atoms with van der Waals surface area (Å²) in [4.78, 5) is 7.42. The van der Waals surface area contributed by atoms with Crippen molar-refractivity contribution in [1.82, 2.24) is 9.97 Å². The lowest BCUT2D eigenvalue weighted by atomic mass is 10.2. The Hall–Kier alpha value is -0.550. The van der Waals surface area contributed by atoms with Gasteiger partial charge in [-0.05, 0) is 24.6 Å². The third-order valence-electron chi connectivity index (χ3n) is 2.18. The number of H-pyrrole nitrogens is 1. The van der Waals surface area contributed by atoms with Crippen LogP contribution in [0.1, 0.15) is 18.8 Å². The summed E-state index contributed by atoms with van der Waals surface area (Å²) in [5, 5.41) is 0. The number of aromatic amines is 1. The minimum atomic E-state index is -0.0609. The van der Waals surface area contributed by atoms with Crippen molar-refractivity contribution in [3.63, 3.8) is 0 Å². The fraction of sp³-hybridized carbons (Fsp3) is 0.182. The van der Waals surface area contributed by atoms with Gasteiger partial charge in [0.2, 0.25) is 0 Å². The summed E-state index contributed by atoms with van der Waals surface area (Å²) in [6, 6.07) is 8.00. The molecule has 0 aliphatic rings. The maximum absolute atomic E-state index is 5.73. The lowest BCUT2D eigenvalue weighted by Gasteiger charge is -2.00. The van der Waals surface area contributed by atoms with Crippen LogP contribution in [0.5, 0.6) is 0 Å². The molecule has 3 nitrogen and oxygen atoms in total. The molecule has 94 valence electrons. The van der Waals surface area contributed by atoms with Gasteiger partial charge in [0.1, 0.15) is 5.82 Å². The molecule has 1 atom stereocenters. The van der Waals surface area contributed by atoms with Gasteiger partial charge in [0.05, 0.1) is 17.9 Å². The molecule has 0 aliphatic heterocycles. The third-order valence-corrected chi connectivity index (χ3v) is 2.71. The Morgan fingerprint density at radius 3 is 2.29 bits per heavy atom. The Kier molecular flexibility index (Phi) is 6.78. The largest absolute Gasteiger partial charge is 0.341 e. The first-order valence-corrected chi connectivity index (χ1v) is 5.52. The van der Waals surface area contributed by atoms with Crippen LogP contribution in [0, 0.1) is 0 Å². The molecular formula is C11H14BrCl2N3. The highest BCUT2D eigenvalue weighted by Crippen LogP contribution is 2.20. The quantitative estimate of drug-likeness (QED) is 0.877. The lowest BCUT2D eigenvalue weighted by molar-refractivity contribution is 0.756. The van der Waals surface area contributed by atoms with E-state index in [9.17, 15) is 0 Å². The van der Waals surface area contributed by atoms with E-state index in [1.54, 1.807) is 0 Å². The summed E-state index contributed by atoms with van der Waals surface area (Å²) in [7, 11) is 0.